The van der Waals surface area contributed by atoms with Crippen molar-refractivity contribution in [3.63, 3.8) is 0 Å². The van der Waals surface area contributed by atoms with Gasteiger partial charge in [0.15, 0.2) is 5.60 Å². The summed E-state index contributed by atoms with van der Waals surface area (Å²) in [5, 5.41) is 3.12. The first-order valence-corrected chi connectivity index (χ1v) is 17.4. The van der Waals surface area contributed by atoms with E-state index in [0.717, 1.165) is 19.3 Å². The average Bonchev–Trinajstić information content (AvgIpc) is 3.83. The van der Waals surface area contributed by atoms with Crippen LogP contribution >= 0.6 is 0 Å². The van der Waals surface area contributed by atoms with Crippen LogP contribution in [0.15, 0.2) is 18.2 Å². The fourth-order valence-electron chi connectivity index (χ4n) is 6.48. The third-order valence-corrected chi connectivity index (χ3v) is 8.74. The number of hydrogen-bond acceptors (Lipinski definition) is 8. The Bertz CT molecular complexity index is 1320. The van der Waals surface area contributed by atoms with Crippen molar-refractivity contribution in [1.29, 1.82) is 0 Å². The number of carbonyl (C=O) groups is 4. The molecule has 0 unspecified atom stereocenters. The smallest absolute Gasteiger partial charge is 0.410 e. The van der Waals surface area contributed by atoms with Gasteiger partial charge in [-0.1, -0.05) is 13.8 Å². The van der Waals surface area contributed by atoms with Gasteiger partial charge in [0, 0.05) is 45.1 Å². The number of piperidine rings is 1. The lowest BCUT2D eigenvalue weighted by Crippen LogP contribution is -2.55. The molecule has 268 valence electrons. The molecule has 3 aliphatic rings. The molecule has 1 saturated heterocycles. The molecule has 4 amide bonds. The van der Waals surface area contributed by atoms with Crippen molar-refractivity contribution in [3.8, 4) is 5.75 Å². The first-order chi connectivity index (χ1) is 22.5. The van der Waals surface area contributed by atoms with Crippen LogP contribution in [0.25, 0.3) is 0 Å². The minimum Gasteiger partial charge on any atom is -0.476 e. The predicted octanol–water partition coefficient (Wildman–Crippen LogP) is 4.77. The number of rotatable bonds is 13. The molecule has 12 heteroatoms. The second-order valence-corrected chi connectivity index (χ2v) is 15.2. The number of anilines is 2. The molecule has 2 aliphatic heterocycles. The quantitative estimate of drug-likeness (QED) is 0.297. The number of benzene rings is 1. The van der Waals surface area contributed by atoms with Crippen LogP contribution in [0.2, 0.25) is 0 Å². The lowest BCUT2D eigenvalue weighted by atomic mass is 9.87. The molecule has 0 aromatic heterocycles. The van der Waals surface area contributed by atoms with Crippen molar-refractivity contribution in [3.05, 3.63) is 18.2 Å². The van der Waals surface area contributed by atoms with Gasteiger partial charge in [0.1, 0.15) is 11.4 Å². The van der Waals surface area contributed by atoms with Gasteiger partial charge in [-0.15, -0.1) is 0 Å². The van der Waals surface area contributed by atoms with Crippen LogP contribution in [0, 0.1) is 17.8 Å². The number of ether oxygens (including phenoxy) is 4. The third-order valence-electron chi connectivity index (χ3n) is 8.74. The Labute approximate surface area is 285 Å². The van der Waals surface area contributed by atoms with Crippen LogP contribution in [-0.4, -0.2) is 98.6 Å². The second-order valence-electron chi connectivity index (χ2n) is 15.2. The molecule has 0 spiro atoms. The maximum Gasteiger partial charge on any atom is 0.410 e. The first-order valence-electron chi connectivity index (χ1n) is 17.4. The van der Waals surface area contributed by atoms with E-state index in [4.69, 9.17) is 18.9 Å². The summed E-state index contributed by atoms with van der Waals surface area (Å²) in [5.74, 6) is -0.915. The standard InChI is InChI=1S/C36H56N4O8/c1-10-46-16-15-39-29-19-28(13-14-30(29)47-36(7,8)33(39)43)40(27-11-12-27)32(42)25-18-24(20-38(21-25)34(44)48-35(4,5)6)31(41)37-26(22-45-9)17-23(2)3/h13-14,19,23-27H,10-12,15-18,20-22H2,1-9H3,(H,37,41)/t24-,25+,26+/m0/s1. The van der Waals surface area contributed by atoms with Gasteiger partial charge >= 0.3 is 6.09 Å². The molecule has 2 heterocycles. The van der Waals surface area contributed by atoms with E-state index >= 15 is 0 Å². The number of hydrogen-bond donors (Lipinski definition) is 1. The van der Waals surface area contributed by atoms with E-state index in [-0.39, 0.29) is 49.3 Å². The monoisotopic (exact) mass is 672 g/mol. The summed E-state index contributed by atoms with van der Waals surface area (Å²) < 4.78 is 22.8. The molecule has 2 fully saturated rings. The zero-order chi connectivity index (χ0) is 35.4. The molecule has 48 heavy (non-hydrogen) atoms. The molecule has 1 N–H and O–H groups in total. The van der Waals surface area contributed by atoms with Crippen LogP contribution in [0.5, 0.6) is 5.75 Å². The van der Waals surface area contributed by atoms with E-state index in [1.54, 1.807) is 51.5 Å². The number of methoxy groups -OCH3 is 1. The zero-order valence-corrected chi connectivity index (χ0v) is 30.3. The van der Waals surface area contributed by atoms with E-state index in [1.807, 2.05) is 25.1 Å². The zero-order valence-electron chi connectivity index (χ0n) is 30.3. The summed E-state index contributed by atoms with van der Waals surface area (Å²) in [5.41, 5.74) is -0.558. The number of amides is 4. The van der Waals surface area contributed by atoms with Crippen molar-refractivity contribution >= 4 is 35.2 Å². The highest BCUT2D eigenvalue weighted by Gasteiger charge is 2.45. The average molecular weight is 673 g/mol. The molecule has 1 aliphatic carbocycles. The van der Waals surface area contributed by atoms with Crippen molar-refractivity contribution in [2.75, 3.05) is 56.4 Å². The molecular formula is C36H56N4O8. The summed E-state index contributed by atoms with van der Waals surface area (Å²) >= 11 is 0. The van der Waals surface area contributed by atoms with Crippen molar-refractivity contribution in [2.24, 2.45) is 17.8 Å². The Morgan fingerprint density at radius 2 is 1.81 bits per heavy atom. The largest absolute Gasteiger partial charge is 0.476 e. The molecular weight excluding hydrogens is 616 g/mol. The van der Waals surface area contributed by atoms with Crippen LogP contribution in [0.1, 0.15) is 81.1 Å². The summed E-state index contributed by atoms with van der Waals surface area (Å²) in [4.78, 5) is 60.1. The summed E-state index contributed by atoms with van der Waals surface area (Å²) in [6.45, 7) is 16.8. The Kier molecular flexibility index (Phi) is 12.0. The number of nitrogens with one attached hydrogen (secondary N) is 1. The number of likely N-dealkylation sites (tertiary alicyclic amines) is 1. The van der Waals surface area contributed by atoms with E-state index < -0.39 is 29.1 Å². The van der Waals surface area contributed by atoms with Crippen LogP contribution in [-0.2, 0) is 28.6 Å². The topological polar surface area (TPSA) is 127 Å². The van der Waals surface area contributed by atoms with Crippen molar-refractivity contribution in [2.45, 2.75) is 104 Å². The first kappa shape index (κ1) is 37.4. The Morgan fingerprint density at radius 1 is 1.12 bits per heavy atom. The van der Waals surface area contributed by atoms with E-state index in [0.29, 0.717) is 49.4 Å². The van der Waals surface area contributed by atoms with Gasteiger partial charge in [-0.05, 0) is 91.3 Å². The number of carbonyl (C=O) groups excluding carboxylic acids is 4. The van der Waals surface area contributed by atoms with Gasteiger partial charge < -0.3 is 39.0 Å². The van der Waals surface area contributed by atoms with Crippen LogP contribution < -0.4 is 19.9 Å². The second kappa shape index (κ2) is 15.4. The van der Waals surface area contributed by atoms with Crippen LogP contribution in [0.3, 0.4) is 0 Å². The normalized spacial score (nSPS) is 21.3. The van der Waals surface area contributed by atoms with Gasteiger partial charge in [0.25, 0.3) is 5.91 Å². The highest BCUT2D eigenvalue weighted by Crippen LogP contribution is 2.43. The molecule has 1 aromatic carbocycles. The van der Waals surface area contributed by atoms with Gasteiger partial charge in [-0.3, -0.25) is 14.4 Å². The molecule has 12 nitrogen and oxygen atoms in total. The Balaban J connectivity index is 1.64. The molecule has 0 bridgehead atoms. The maximum absolute atomic E-state index is 14.6. The summed E-state index contributed by atoms with van der Waals surface area (Å²) in [6, 6.07) is 5.29. The minimum atomic E-state index is -1.05. The summed E-state index contributed by atoms with van der Waals surface area (Å²) in [6.07, 6.45) is 2.14. The summed E-state index contributed by atoms with van der Waals surface area (Å²) in [7, 11) is 1.60. The van der Waals surface area contributed by atoms with Crippen molar-refractivity contribution < 1.29 is 38.1 Å². The SMILES string of the molecule is CCOCCN1C(=O)C(C)(C)Oc2ccc(N(C(=O)[C@@H]3C[C@H](C(=O)N[C@@H](COC)CC(C)C)CN(C(=O)OC(C)(C)C)C3)C3CC3)cc21. The van der Waals surface area contributed by atoms with Gasteiger partial charge in [-0.25, -0.2) is 4.79 Å². The van der Waals surface area contributed by atoms with Gasteiger partial charge in [-0.2, -0.15) is 0 Å². The van der Waals surface area contributed by atoms with Crippen LogP contribution in [0.4, 0.5) is 16.2 Å². The fraction of sp³-hybridized carbons (Fsp3) is 0.722. The maximum atomic E-state index is 14.6. The van der Waals surface area contributed by atoms with Crippen molar-refractivity contribution in [1.82, 2.24) is 10.2 Å². The molecule has 4 rings (SSSR count). The highest BCUT2D eigenvalue weighted by atomic mass is 16.6. The van der Waals surface area contributed by atoms with Gasteiger partial charge in [0.2, 0.25) is 11.8 Å². The lowest BCUT2D eigenvalue weighted by molar-refractivity contribution is -0.133. The molecule has 3 atom stereocenters. The van der Waals surface area contributed by atoms with E-state index in [2.05, 4.69) is 19.2 Å². The Morgan fingerprint density at radius 3 is 2.42 bits per heavy atom. The lowest BCUT2D eigenvalue weighted by Gasteiger charge is -2.40. The highest BCUT2D eigenvalue weighted by molar-refractivity contribution is 6.04. The molecule has 1 aromatic rings. The number of nitrogens with zero attached hydrogens (tertiary/aromatic N) is 3. The molecule has 1 saturated carbocycles. The van der Waals surface area contributed by atoms with E-state index in [1.165, 1.54) is 4.90 Å². The fourth-order valence-corrected chi connectivity index (χ4v) is 6.48. The number of fused-ring (bicyclic) bond motifs is 1. The third kappa shape index (κ3) is 9.40. The molecule has 0 radical (unpaired) electrons. The minimum absolute atomic E-state index is 0.0228. The van der Waals surface area contributed by atoms with E-state index in [9.17, 15) is 19.2 Å². The predicted molar refractivity (Wildman–Crippen MR) is 183 cm³/mol. The van der Waals surface area contributed by atoms with Gasteiger partial charge in [0.05, 0.1) is 36.8 Å². The Hall–Kier alpha value is -3.38.